The van der Waals surface area contributed by atoms with Gasteiger partial charge in [0.25, 0.3) is 11.5 Å². The number of rotatable bonds is 5. The van der Waals surface area contributed by atoms with E-state index in [0.29, 0.717) is 28.1 Å². The normalized spacial score (nSPS) is 12.4. The van der Waals surface area contributed by atoms with E-state index in [4.69, 9.17) is 9.47 Å². The van der Waals surface area contributed by atoms with Gasteiger partial charge in [0, 0.05) is 6.54 Å². The molecule has 1 aliphatic heterocycles. The second-order valence-corrected chi connectivity index (χ2v) is 8.55. The first-order valence-electron chi connectivity index (χ1n) is 11.3. The first-order valence-corrected chi connectivity index (χ1v) is 11.3. The van der Waals surface area contributed by atoms with Gasteiger partial charge < -0.3 is 14.8 Å². The SMILES string of the molecule is Cc1ccc2c(c1)n(Cc1cccc(F)c1)c(=O)c1nc(C(=O)NCc3ccc4c(c3)OCO4)nn12. The van der Waals surface area contributed by atoms with Crippen molar-refractivity contribution in [1.82, 2.24) is 24.5 Å². The average Bonchev–Trinajstić information content (AvgIpc) is 3.52. The molecule has 180 valence electrons. The molecule has 3 aromatic carbocycles. The molecule has 0 bridgehead atoms. The first-order chi connectivity index (χ1) is 17.5. The lowest BCUT2D eigenvalue weighted by molar-refractivity contribution is 0.0940. The number of carbonyl (C=O) groups excluding carboxylic acids is 1. The molecule has 0 saturated heterocycles. The average molecular weight is 485 g/mol. The number of ether oxygens (including phenoxy) is 2. The number of aryl methyl sites for hydroxylation is 1. The Hall–Kier alpha value is -4.73. The summed E-state index contributed by atoms with van der Waals surface area (Å²) in [7, 11) is 0. The van der Waals surface area contributed by atoms with Crippen LogP contribution < -0.4 is 20.3 Å². The minimum absolute atomic E-state index is 0.0102. The van der Waals surface area contributed by atoms with Gasteiger partial charge in [-0.05, 0) is 60.0 Å². The van der Waals surface area contributed by atoms with Crippen molar-refractivity contribution in [2.75, 3.05) is 6.79 Å². The third-order valence-corrected chi connectivity index (χ3v) is 6.02. The zero-order valence-corrected chi connectivity index (χ0v) is 19.2. The van der Waals surface area contributed by atoms with E-state index >= 15 is 0 Å². The summed E-state index contributed by atoms with van der Waals surface area (Å²) >= 11 is 0. The quantitative estimate of drug-likeness (QED) is 0.411. The number of hydrogen-bond donors (Lipinski definition) is 1. The molecule has 3 heterocycles. The minimum atomic E-state index is -0.521. The molecule has 9 nitrogen and oxygen atoms in total. The Labute approximate surface area is 203 Å². The van der Waals surface area contributed by atoms with E-state index in [2.05, 4.69) is 15.4 Å². The number of carbonyl (C=O) groups is 1. The van der Waals surface area contributed by atoms with Crippen molar-refractivity contribution in [2.24, 2.45) is 0 Å². The molecule has 36 heavy (non-hydrogen) atoms. The van der Waals surface area contributed by atoms with Gasteiger partial charge in [-0.25, -0.2) is 8.91 Å². The van der Waals surface area contributed by atoms with Crippen LogP contribution in [0.2, 0.25) is 0 Å². The number of halogens is 1. The van der Waals surface area contributed by atoms with Crippen LogP contribution in [0.3, 0.4) is 0 Å². The van der Waals surface area contributed by atoms with Crippen LogP contribution in [0.15, 0.2) is 65.5 Å². The summed E-state index contributed by atoms with van der Waals surface area (Å²) in [5.74, 6) is 0.244. The van der Waals surface area contributed by atoms with Crippen LogP contribution in [-0.2, 0) is 13.1 Å². The van der Waals surface area contributed by atoms with E-state index < -0.39 is 11.5 Å². The van der Waals surface area contributed by atoms with Gasteiger partial charge in [0.1, 0.15) is 5.82 Å². The summed E-state index contributed by atoms with van der Waals surface area (Å²) in [5.41, 5.74) is 3.18. The van der Waals surface area contributed by atoms with Crippen molar-refractivity contribution in [3.8, 4) is 11.5 Å². The highest BCUT2D eigenvalue weighted by Gasteiger charge is 2.20. The van der Waals surface area contributed by atoms with Gasteiger partial charge in [-0.15, -0.1) is 5.10 Å². The number of benzene rings is 3. The number of aromatic nitrogens is 4. The zero-order chi connectivity index (χ0) is 24.8. The Bertz CT molecular complexity index is 1730. The maximum Gasteiger partial charge on any atom is 0.296 e. The fourth-order valence-electron chi connectivity index (χ4n) is 4.26. The summed E-state index contributed by atoms with van der Waals surface area (Å²) in [5, 5.41) is 7.12. The fourth-order valence-corrected chi connectivity index (χ4v) is 4.26. The van der Waals surface area contributed by atoms with E-state index in [9.17, 15) is 14.0 Å². The Balaban J connectivity index is 1.37. The molecule has 5 aromatic rings. The Morgan fingerprint density at radius 1 is 1.03 bits per heavy atom. The van der Waals surface area contributed by atoms with Crippen molar-refractivity contribution < 1.29 is 18.7 Å². The highest BCUT2D eigenvalue weighted by molar-refractivity contribution is 5.91. The highest BCUT2D eigenvalue weighted by Crippen LogP contribution is 2.32. The third kappa shape index (κ3) is 3.82. The summed E-state index contributed by atoms with van der Waals surface area (Å²) in [6.07, 6.45) is 0. The maximum absolute atomic E-state index is 13.8. The smallest absolute Gasteiger partial charge is 0.296 e. The van der Waals surface area contributed by atoms with Crippen molar-refractivity contribution >= 4 is 22.6 Å². The molecule has 0 saturated carbocycles. The van der Waals surface area contributed by atoms with Crippen LogP contribution in [0.5, 0.6) is 11.5 Å². The predicted molar refractivity (Wildman–Crippen MR) is 129 cm³/mol. The van der Waals surface area contributed by atoms with Crippen LogP contribution >= 0.6 is 0 Å². The molecule has 10 heteroatoms. The molecule has 0 unspecified atom stereocenters. The van der Waals surface area contributed by atoms with E-state index in [0.717, 1.165) is 11.1 Å². The van der Waals surface area contributed by atoms with Gasteiger partial charge in [-0.1, -0.05) is 24.3 Å². The molecule has 0 spiro atoms. The van der Waals surface area contributed by atoms with Crippen LogP contribution in [0.25, 0.3) is 16.7 Å². The summed E-state index contributed by atoms with van der Waals surface area (Å²) < 4.78 is 27.4. The molecule has 1 N–H and O–H groups in total. The Morgan fingerprint density at radius 3 is 2.75 bits per heavy atom. The third-order valence-electron chi connectivity index (χ3n) is 6.02. The molecule has 6 rings (SSSR count). The zero-order valence-electron chi connectivity index (χ0n) is 19.2. The predicted octanol–water partition coefficient (Wildman–Crippen LogP) is 3.20. The largest absolute Gasteiger partial charge is 0.454 e. The van der Waals surface area contributed by atoms with Gasteiger partial charge in [0.15, 0.2) is 11.5 Å². The number of amides is 1. The molecular formula is C26H20FN5O4. The maximum atomic E-state index is 13.8. The summed E-state index contributed by atoms with van der Waals surface area (Å²) in [6.45, 7) is 2.44. The topological polar surface area (TPSA) is 99.8 Å². The molecule has 0 atom stereocenters. The van der Waals surface area contributed by atoms with E-state index in [1.54, 1.807) is 24.3 Å². The van der Waals surface area contributed by atoms with Crippen molar-refractivity contribution in [1.29, 1.82) is 0 Å². The van der Waals surface area contributed by atoms with Crippen LogP contribution in [0.4, 0.5) is 4.39 Å². The molecular weight excluding hydrogens is 465 g/mol. The molecule has 1 amide bonds. The van der Waals surface area contributed by atoms with Gasteiger partial charge in [0.2, 0.25) is 18.3 Å². The summed E-state index contributed by atoms with van der Waals surface area (Å²) in [4.78, 5) is 30.6. The van der Waals surface area contributed by atoms with E-state index in [1.165, 1.54) is 21.2 Å². The summed E-state index contributed by atoms with van der Waals surface area (Å²) in [6, 6.07) is 17.1. The van der Waals surface area contributed by atoms with Gasteiger partial charge in [-0.3, -0.25) is 14.2 Å². The second-order valence-electron chi connectivity index (χ2n) is 8.55. The highest BCUT2D eigenvalue weighted by atomic mass is 19.1. The lowest BCUT2D eigenvalue weighted by Gasteiger charge is -2.12. The second kappa shape index (κ2) is 8.49. The fraction of sp³-hybridized carbons (Fsp3) is 0.154. The van der Waals surface area contributed by atoms with E-state index in [1.807, 2.05) is 31.2 Å². The molecule has 0 radical (unpaired) electrons. The van der Waals surface area contributed by atoms with Crippen molar-refractivity contribution in [3.05, 3.63) is 99.3 Å². The molecule has 2 aromatic heterocycles. The van der Waals surface area contributed by atoms with Crippen molar-refractivity contribution in [2.45, 2.75) is 20.0 Å². The number of hydrogen-bond acceptors (Lipinski definition) is 6. The number of fused-ring (bicyclic) bond motifs is 4. The number of nitrogens with zero attached hydrogens (tertiary/aromatic N) is 4. The van der Waals surface area contributed by atoms with Gasteiger partial charge in [0.05, 0.1) is 17.6 Å². The van der Waals surface area contributed by atoms with Crippen LogP contribution in [0.1, 0.15) is 27.3 Å². The van der Waals surface area contributed by atoms with E-state index in [-0.39, 0.29) is 37.2 Å². The molecule has 0 aliphatic carbocycles. The van der Waals surface area contributed by atoms with Crippen molar-refractivity contribution in [3.63, 3.8) is 0 Å². The van der Waals surface area contributed by atoms with Crippen LogP contribution in [0, 0.1) is 12.7 Å². The lowest BCUT2D eigenvalue weighted by Crippen LogP contribution is -2.24. The number of nitrogens with one attached hydrogen (secondary N) is 1. The molecule has 0 fully saturated rings. The first kappa shape index (κ1) is 21.8. The molecule has 1 aliphatic rings. The Kier molecular flexibility index (Phi) is 5.14. The van der Waals surface area contributed by atoms with Crippen LogP contribution in [-0.4, -0.2) is 31.9 Å². The minimum Gasteiger partial charge on any atom is -0.454 e. The lowest BCUT2D eigenvalue weighted by atomic mass is 10.2. The Morgan fingerprint density at radius 2 is 1.89 bits per heavy atom. The van der Waals surface area contributed by atoms with Gasteiger partial charge in [-0.2, -0.15) is 4.98 Å². The monoisotopic (exact) mass is 485 g/mol. The van der Waals surface area contributed by atoms with Gasteiger partial charge >= 0.3 is 0 Å². The standard InChI is InChI=1S/C26H20FN5O4/c1-15-5-7-19-20(9-15)31(13-17-3-2-4-18(27)10-17)26(34)24-29-23(30-32(19)24)25(33)28-12-16-6-8-21-22(11-16)36-14-35-21/h2-11H,12-14H2,1H3,(H,28,33).